The van der Waals surface area contributed by atoms with Gasteiger partial charge >= 0.3 is 0 Å². The lowest BCUT2D eigenvalue weighted by atomic mass is 10.1. The zero-order chi connectivity index (χ0) is 11.5. The molecule has 0 fully saturated rings. The van der Waals surface area contributed by atoms with Gasteiger partial charge in [-0.1, -0.05) is 0 Å². The molecule has 0 bridgehead atoms. The predicted octanol–water partition coefficient (Wildman–Crippen LogP) is 3.71. The Bertz CT molecular complexity index is 522. The van der Waals surface area contributed by atoms with Crippen molar-refractivity contribution in [2.45, 2.75) is 12.8 Å². The fraction of sp³-hybridized carbons (Fsp3) is 0.154. The van der Waals surface area contributed by atoms with Crippen LogP contribution in [0.5, 0.6) is 0 Å². The number of rotatable bonds is 2. The Morgan fingerprint density at radius 2 is 1.88 bits per heavy atom. The summed E-state index contributed by atoms with van der Waals surface area (Å²) in [6, 6.07) is 11.7. The summed E-state index contributed by atoms with van der Waals surface area (Å²) in [5, 5.41) is 8.74. The highest BCUT2D eigenvalue weighted by Crippen LogP contribution is 2.25. The van der Waals surface area contributed by atoms with Crippen molar-refractivity contribution in [3.05, 3.63) is 48.0 Å². The van der Waals surface area contributed by atoms with E-state index in [0.29, 0.717) is 11.5 Å². The van der Waals surface area contributed by atoms with Gasteiger partial charge < -0.3 is 4.42 Å². The molecule has 0 N–H and O–H groups in total. The van der Waals surface area contributed by atoms with Crippen LogP contribution in [0, 0.1) is 17.1 Å². The van der Waals surface area contributed by atoms with Crippen LogP contribution in [0.1, 0.15) is 18.6 Å². The summed E-state index contributed by atoms with van der Waals surface area (Å²) < 4.78 is 18.2. The SMILES string of the molecule is CC(C#N)c1ccc(-c2ccc(F)cc2)o1. The van der Waals surface area contributed by atoms with E-state index in [0.717, 1.165) is 5.56 Å². The first-order valence-corrected chi connectivity index (χ1v) is 4.96. The van der Waals surface area contributed by atoms with Crippen molar-refractivity contribution < 1.29 is 8.81 Å². The number of furan rings is 1. The van der Waals surface area contributed by atoms with Gasteiger partial charge in [-0.15, -0.1) is 0 Å². The molecular formula is C13H10FNO. The quantitative estimate of drug-likeness (QED) is 0.765. The Labute approximate surface area is 92.9 Å². The first kappa shape index (κ1) is 10.4. The summed E-state index contributed by atoms with van der Waals surface area (Å²) >= 11 is 0. The number of hydrogen-bond donors (Lipinski definition) is 0. The number of nitrogens with zero attached hydrogens (tertiary/aromatic N) is 1. The Kier molecular flexibility index (Phi) is 2.74. The lowest BCUT2D eigenvalue weighted by Gasteiger charge is -1.98. The van der Waals surface area contributed by atoms with Crippen molar-refractivity contribution in [2.24, 2.45) is 0 Å². The van der Waals surface area contributed by atoms with Gasteiger partial charge in [0.15, 0.2) is 0 Å². The van der Waals surface area contributed by atoms with Crippen LogP contribution >= 0.6 is 0 Å². The Hall–Kier alpha value is -2.08. The fourth-order valence-corrected chi connectivity index (χ4v) is 1.42. The van der Waals surface area contributed by atoms with Gasteiger partial charge in [0.25, 0.3) is 0 Å². The van der Waals surface area contributed by atoms with E-state index in [2.05, 4.69) is 6.07 Å². The average Bonchev–Trinajstić information content (AvgIpc) is 2.78. The van der Waals surface area contributed by atoms with Crippen molar-refractivity contribution in [1.82, 2.24) is 0 Å². The van der Waals surface area contributed by atoms with E-state index in [-0.39, 0.29) is 11.7 Å². The summed E-state index contributed by atoms with van der Waals surface area (Å²) in [4.78, 5) is 0. The first-order valence-electron chi connectivity index (χ1n) is 4.96. The predicted molar refractivity (Wildman–Crippen MR) is 58.1 cm³/mol. The monoisotopic (exact) mass is 215 g/mol. The number of halogens is 1. The highest BCUT2D eigenvalue weighted by Gasteiger charge is 2.10. The topological polar surface area (TPSA) is 36.9 Å². The Morgan fingerprint density at radius 3 is 2.50 bits per heavy atom. The summed E-state index contributed by atoms with van der Waals surface area (Å²) in [5.74, 6) is 0.731. The maximum atomic E-state index is 12.7. The summed E-state index contributed by atoms with van der Waals surface area (Å²) in [6.07, 6.45) is 0. The van der Waals surface area contributed by atoms with Crippen molar-refractivity contribution in [2.75, 3.05) is 0 Å². The minimum Gasteiger partial charge on any atom is -0.460 e. The molecule has 0 aliphatic heterocycles. The molecular weight excluding hydrogens is 205 g/mol. The third-order valence-electron chi connectivity index (χ3n) is 2.38. The highest BCUT2D eigenvalue weighted by molar-refractivity contribution is 5.57. The van der Waals surface area contributed by atoms with Crippen LogP contribution in [0.15, 0.2) is 40.8 Å². The molecule has 3 heteroatoms. The molecule has 0 radical (unpaired) electrons. The lowest BCUT2D eigenvalue weighted by Crippen LogP contribution is -1.84. The third-order valence-corrected chi connectivity index (χ3v) is 2.38. The van der Waals surface area contributed by atoms with Gasteiger partial charge in [0.2, 0.25) is 0 Å². The molecule has 1 aromatic heterocycles. The maximum absolute atomic E-state index is 12.7. The normalized spacial score (nSPS) is 12.1. The van der Waals surface area contributed by atoms with Gasteiger partial charge in [-0.05, 0) is 43.3 Å². The second-order valence-corrected chi connectivity index (χ2v) is 3.56. The van der Waals surface area contributed by atoms with Crippen molar-refractivity contribution >= 4 is 0 Å². The van der Waals surface area contributed by atoms with E-state index in [1.807, 2.05) is 0 Å². The molecule has 1 atom stereocenters. The lowest BCUT2D eigenvalue weighted by molar-refractivity contribution is 0.514. The fourth-order valence-electron chi connectivity index (χ4n) is 1.42. The zero-order valence-electron chi connectivity index (χ0n) is 8.77. The van der Waals surface area contributed by atoms with Crippen LogP contribution < -0.4 is 0 Å². The summed E-state index contributed by atoms with van der Waals surface area (Å²) in [5.41, 5.74) is 0.804. The van der Waals surface area contributed by atoms with Crippen LogP contribution in [0.4, 0.5) is 4.39 Å². The van der Waals surface area contributed by atoms with Gasteiger partial charge in [0, 0.05) is 5.56 Å². The molecule has 0 spiro atoms. The summed E-state index contributed by atoms with van der Waals surface area (Å²) in [7, 11) is 0. The van der Waals surface area contributed by atoms with E-state index in [4.69, 9.17) is 9.68 Å². The van der Waals surface area contributed by atoms with E-state index in [1.54, 1.807) is 31.2 Å². The second kappa shape index (κ2) is 4.19. The maximum Gasteiger partial charge on any atom is 0.134 e. The van der Waals surface area contributed by atoms with Gasteiger partial charge in [0.1, 0.15) is 23.3 Å². The highest BCUT2D eigenvalue weighted by atomic mass is 19.1. The standard InChI is InChI=1S/C13H10FNO/c1-9(8-15)12-6-7-13(16-12)10-2-4-11(14)5-3-10/h2-7,9H,1H3. The minimum atomic E-state index is -0.277. The molecule has 0 saturated heterocycles. The minimum absolute atomic E-state index is 0.269. The van der Waals surface area contributed by atoms with E-state index in [9.17, 15) is 4.39 Å². The molecule has 2 rings (SSSR count). The largest absolute Gasteiger partial charge is 0.460 e. The molecule has 2 aromatic rings. The zero-order valence-corrected chi connectivity index (χ0v) is 8.77. The molecule has 0 aliphatic rings. The van der Waals surface area contributed by atoms with E-state index < -0.39 is 0 Å². The first-order chi connectivity index (χ1) is 7.70. The van der Waals surface area contributed by atoms with Gasteiger partial charge in [0.05, 0.1) is 6.07 Å². The van der Waals surface area contributed by atoms with Crippen LogP contribution in [-0.4, -0.2) is 0 Å². The van der Waals surface area contributed by atoms with Gasteiger partial charge in [-0.2, -0.15) is 5.26 Å². The number of nitriles is 1. The second-order valence-electron chi connectivity index (χ2n) is 3.56. The Balaban J connectivity index is 2.32. The van der Waals surface area contributed by atoms with Crippen LogP contribution in [0.25, 0.3) is 11.3 Å². The molecule has 1 aromatic carbocycles. The molecule has 16 heavy (non-hydrogen) atoms. The van der Waals surface area contributed by atoms with Gasteiger partial charge in [-0.25, -0.2) is 4.39 Å². The third kappa shape index (κ3) is 1.96. The van der Waals surface area contributed by atoms with E-state index in [1.165, 1.54) is 12.1 Å². The van der Waals surface area contributed by atoms with Crippen molar-refractivity contribution in [1.29, 1.82) is 5.26 Å². The Morgan fingerprint density at radius 1 is 1.19 bits per heavy atom. The average molecular weight is 215 g/mol. The smallest absolute Gasteiger partial charge is 0.134 e. The molecule has 1 heterocycles. The van der Waals surface area contributed by atoms with Crippen LogP contribution in [0.3, 0.4) is 0 Å². The van der Waals surface area contributed by atoms with Crippen LogP contribution in [0.2, 0.25) is 0 Å². The number of benzene rings is 1. The van der Waals surface area contributed by atoms with Crippen molar-refractivity contribution in [3.8, 4) is 17.4 Å². The van der Waals surface area contributed by atoms with Gasteiger partial charge in [-0.3, -0.25) is 0 Å². The molecule has 0 saturated carbocycles. The molecule has 80 valence electrons. The van der Waals surface area contributed by atoms with Crippen molar-refractivity contribution in [3.63, 3.8) is 0 Å². The molecule has 1 unspecified atom stereocenters. The van der Waals surface area contributed by atoms with Crippen LogP contribution in [-0.2, 0) is 0 Å². The number of hydrogen-bond acceptors (Lipinski definition) is 2. The molecule has 0 aliphatic carbocycles. The summed E-state index contributed by atoms with van der Waals surface area (Å²) in [6.45, 7) is 1.77. The molecule has 2 nitrogen and oxygen atoms in total. The molecule has 0 amide bonds. The van der Waals surface area contributed by atoms with E-state index >= 15 is 0 Å².